The lowest BCUT2D eigenvalue weighted by atomic mass is 9.84. The number of carbonyl (C=O) groups excluding carboxylic acids is 3. The monoisotopic (exact) mass is 534 g/mol. The molecule has 0 spiro atoms. The van der Waals surface area contributed by atoms with Gasteiger partial charge in [0.1, 0.15) is 16.9 Å². The van der Waals surface area contributed by atoms with Crippen LogP contribution >= 0.6 is 0 Å². The van der Waals surface area contributed by atoms with Gasteiger partial charge in [-0.15, -0.1) is 0 Å². The van der Waals surface area contributed by atoms with Gasteiger partial charge in [0, 0.05) is 22.9 Å². The number of hydrogen-bond acceptors (Lipinski definition) is 8. The third kappa shape index (κ3) is 7.89. The Bertz CT molecular complexity index is 1420. The number of allylic oxidation sites excluding steroid dienone is 1. The lowest BCUT2D eigenvalue weighted by molar-refractivity contribution is -0.143. The fraction of sp³-hybridized carbons (Fsp3) is 0.355. The molecule has 3 aromatic rings. The molecule has 8 heteroatoms. The molecule has 0 aliphatic rings. The fourth-order valence-electron chi connectivity index (χ4n) is 3.89. The van der Waals surface area contributed by atoms with Gasteiger partial charge in [-0.1, -0.05) is 26.8 Å². The molecular formula is C31H34O8. The van der Waals surface area contributed by atoms with Gasteiger partial charge >= 0.3 is 17.6 Å². The van der Waals surface area contributed by atoms with Crippen LogP contribution in [0.5, 0.6) is 5.75 Å². The summed E-state index contributed by atoms with van der Waals surface area (Å²) in [6.07, 6.45) is 3.98. The van der Waals surface area contributed by atoms with Gasteiger partial charge in [0.2, 0.25) is 0 Å². The molecule has 1 aromatic heterocycles. The lowest BCUT2D eigenvalue weighted by Crippen LogP contribution is -2.18. The maximum absolute atomic E-state index is 12.8. The predicted octanol–water partition coefficient (Wildman–Crippen LogP) is 5.89. The van der Waals surface area contributed by atoms with E-state index in [2.05, 4.69) is 0 Å². The maximum atomic E-state index is 12.8. The molecule has 0 saturated carbocycles. The van der Waals surface area contributed by atoms with Crippen molar-refractivity contribution in [2.24, 2.45) is 0 Å². The number of carbonyl (C=O) groups is 3. The van der Waals surface area contributed by atoms with Crippen molar-refractivity contribution in [2.45, 2.75) is 52.9 Å². The normalized spacial score (nSPS) is 11.5. The Morgan fingerprint density at radius 3 is 2.28 bits per heavy atom. The highest BCUT2D eigenvalue weighted by Gasteiger charge is 2.22. The highest BCUT2D eigenvalue weighted by atomic mass is 16.5. The van der Waals surface area contributed by atoms with Crippen LogP contribution in [0.3, 0.4) is 0 Å². The van der Waals surface area contributed by atoms with E-state index in [1.165, 1.54) is 12.1 Å². The zero-order chi connectivity index (χ0) is 28.6. The molecule has 0 aliphatic carbocycles. The molecule has 1 heterocycles. The summed E-state index contributed by atoms with van der Waals surface area (Å²) in [4.78, 5) is 48.9. The van der Waals surface area contributed by atoms with E-state index in [-0.39, 0.29) is 35.8 Å². The van der Waals surface area contributed by atoms with E-state index in [0.29, 0.717) is 47.5 Å². The molecule has 8 nitrogen and oxygen atoms in total. The summed E-state index contributed by atoms with van der Waals surface area (Å²) in [5, 5.41) is 0.557. The van der Waals surface area contributed by atoms with Crippen LogP contribution < -0.4 is 10.4 Å². The molecule has 0 radical (unpaired) electrons. The van der Waals surface area contributed by atoms with Crippen molar-refractivity contribution < 1.29 is 33.0 Å². The van der Waals surface area contributed by atoms with E-state index >= 15 is 0 Å². The summed E-state index contributed by atoms with van der Waals surface area (Å²) >= 11 is 0. The van der Waals surface area contributed by atoms with E-state index in [1.807, 2.05) is 26.8 Å². The standard InChI is InChI=1S/C31H34O8/c1-6-36-27(33)9-8-16-38-23-13-11-21(12-14-23)26(32)15-10-20-17-22-19-24(29(34)37-7-2)30(35)39-28(22)25(18-20)31(3,4)5/h10-15,17-19H,6-9,16H2,1-5H3/b15-10+. The molecule has 0 atom stereocenters. The molecule has 0 N–H and O–H groups in total. The van der Waals surface area contributed by atoms with Gasteiger partial charge < -0.3 is 18.6 Å². The molecule has 39 heavy (non-hydrogen) atoms. The average molecular weight is 535 g/mol. The maximum Gasteiger partial charge on any atom is 0.351 e. The smallest absolute Gasteiger partial charge is 0.351 e. The Morgan fingerprint density at radius 2 is 1.64 bits per heavy atom. The van der Waals surface area contributed by atoms with Crippen molar-refractivity contribution in [3.63, 3.8) is 0 Å². The van der Waals surface area contributed by atoms with E-state index in [1.54, 1.807) is 50.3 Å². The number of ether oxygens (including phenoxy) is 3. The van der Waals surface area contributed by atoms with Gasteiger partial charge in [-0.2, -0.15) is 0 Å². The highest BCUT2D eigenvalue weighted by molar-refractivity contribution is 6.07. The highest BCUT2D eigenvalue weighted by Crippen LogP contribution is 2.31. The summed E-state index contributed by atoms with van der Waals surface area (Å²) in [7, 11) is 0. The van der Waals surface area contributed by atoms with E-state index in [0.717, 1.165) is 5.56 Å². The first kappa shape index (κ1) is 29.4. The quantitative estimate of drug-likeness (QED) is 0.0986. The first-order valence-corrected chi connectivity index (χ1v) is 12.9. The number of fused-ring (bicyclic) bond motifs is 1. The number of ketones is 1. The van der Waals surface area contributed by atoms with E-state index in [4.69, 9.17) is 18.6 Å². The Hall–Kier alpha value is -4.20. The Kier molecular flexibility index (Phi) is 9.82. The first-order chi connectivity index (χ1) is 18.5. The van der Waals surface area contributed by atoms with Crippen LogP contribution in [-0.2, 0) is 19.7 Å². The summed E-state index contributed by atoms with van der Waals surface area (Å²) in [6.45, 7) is 10.2. The van der Waals surface area contributed by atoms with E-state index in [9.17, 15) is 19.2 Å². The second-order valence-corrected chi connectivity index (χ2v) is 9.88. The minimum Gasteiger partial charge on any atom is -0.494 e. The van der Waals surface area contributed by atoms with Crippen LogP contribution in [0, 0.1) is 0 Å². The van der Waals surface area contributed by atoms with Gasteiger partial charge in [0.05, 0.1) is 19.8 Å². The Morgan fingerprint density at radius 1 is 0.949 bits per heavy atom. The molecule has 2 aromatic carbocycles. The number of esters is 2. The van der Waals surface area contributed by atoms with Crippen molar-refractivity contribution >= 4 is 34.8 Å². The van der Waals surface area contributed by atoms with Gasteiger partial charge in [0.15, 0.2) is 5.78 Å². The molecule has 0 amide bonds. The molecular weight excluding hydrogens is 500 g/mol. The minimum absolute atomic E-state index is 0.136. The molecule has 0 aliphatic heterocycles. The summed E-state index contributed by atoms with van der Waals surface area (Å²) < 4.78 is 21.1. The third-order valence-corrected chi connectivity index (χ3v) is 5.82. The second kappa shape index (κ2) is 13.0. The van der Waals surface area contributed by atoms with Gasteiger partial charge in [-0.25, -0.2) is 9.59 Å². The van der Waals surface area contributed by atoms with Gasteiger partial charge in [0.25, 0.3) is 0 Å². The minimum atomic E-state index is -0.753. The van der Waals surface area contributed by atoms with Crippen LogP contribution in [0.25, 0.3) is 17.0 Å². The van der Waals surface area contributed by atoms with E-state index < -0.39 is 11.6 Å². The van der Waals surface area contributed by atoms with Gasteiger partial charge in [-0.3, -0.25) is 9.59 Å². The molecule has 0 fully saturated rings. The van der Waals surface area contributed by atoms with Gasteiger partial charge in [-0.05, 0) is 79.8 Å². The number of hydrogen-bond donors (Lipinski definition) is 0. The SMILES string of the molecule is CCOC(=O)CCCOc1ccc(C(=O)/C=C/c2cc(C(C)(C)C)c3oc(=O)c(C(=O)OCC)cc3c2)cc1. The topological polar surface area (TPSA) is 109 Å². The Balaban J connectivity index is 1.79. The number of benzene rings is 2. The first-order valence-electron chi connectivity index (χ1n) is 12.9. The van der Waals surface area contributed by atoms with Crippen LogP contribution in [-0.4, -0.2) is 37.5 Å². The third-order valence-electron chi connectivity index (χ3n) is 5.82. The fourth-order valence-corrected chi connectivity index (χ4v) is 3.89. The van der Waals surface area contributed by atoms with Crippen LogP contribution in [0.1, 0.15) is 79.3 Å². The molecule has 0 saturated heterocycles. The zero-order valence-electron chi connectivity index (χ0n) is 23.0. The number of rotatable bonds is 11. The predicted molar refractivity (Wildman–Crippen MR) is 148 cm³/mol. The molecule has 3 rings (SSSR count). The van der Waals surface area contributed by atoms with Crippen molar-refractivity contribution in [1.82, 2.24) is 0 Å². The van der Waals surface area contributed by atoms with Crippen molar-refractivity contribution in [1.29, 1.82) is 0 Å². The second-order valence-electron chi connectivity index (χ2n) is 9.88. The summed E-state index contributed by atoms with van der Waals surface area (Å²) in [5.74, 6) is -0.595. The van der Waals surface area contributed by atoms with Crippen molar-refractivity contribution in [2.75, 3.05) is 19.8 Å². The van der Waals surface area contributed by atoms with Crippen LogP contribution in [0.4, 0.5) is 0 Å². The van der Waals surface area contributed by atoms with Crippen LogP contribution in [0.2, 0.25) is 0 Å². The van der Waals surface area contributed by atoms with Crippen molar-refractivity contribution in [3.8, 4) is 5.75 Å². The lowest BCUT2D eigenvalue weighted by Gasteiger charge is -2.21. The largest absolute Gasteiger partial charge is 0.494 e. The summed E-state index contributed by atoms with van der Waals surface area (Å²) in [5.41, 5.74) is 1.05. The Labute approximate surface area is 227 Å². The van der Waals surface area contributed by atoms with Crippen molar-refractivity contribution in [3.05, 3.63) is 81.2 Å². The molecule has 0 bridgehead atoms. The molecule has 0 unspecified atom stereocenters. The average Bonchev–Trinajstić information content (AvgIpc) is 2.89. The summed E-state index contributed by atoms with van der Waals surface area (Å²) in [6, 6.07) is 11.9. The van der Waals surface area contributed by atoms with Crippen LogP contribution in [0.15, 0.2) is 57.8 Å². The molecule has 206 valence electrons. The zero-order valence-corrected chi connectivity index (χ0v) is 23.0.